The summed E-state index contributed by atoms with van der Waals surface area (Å²) in [6.07, 6.45) is 3.04. The molecule has 27 heavy (non-hydrogen) atoms. The van der Waals surface area contributed by atoms with Crippen LogP contribution in [0.5, 0.6) is 0 Å². The number of carbonyl (C=O) groups excluding carboxylic acids is 2. The summed E-state index contributed by atoms with van der Waals surface area (Å²) in [5, 5.41) is 7.18. The summed E-state index contributed by atoms with van der Waals surface area (Å²) in [5.74, 6) is -1.05. The number of esters is 1. The Hall–Kier alpha value is -2.90. The van der Waals surface area contributed by atoms with E-state index < -0.39 is 18.5 Å². The van der Waals surface area contributed by atoms with E-state index >= 15 is 0 Å². The van der Waals surface area contributed by atoms with Crippen molar-refractivity contribution in [3.05, 3.63) is 70.1 Å². The van der Waals surface area contributed by atoms with Gasteiger partial charge >= 0.3 is 5.97 Å². The van der Waals surface area contributed by atoms with Crippen molar-refractivity contribution >= 4 is 40.9 Å². The van der Waals surface area contributed by atoms with Gasteiger partial charge in [-0.25, -0.2) is 14.5 Å². The first kappa shape index (κ1) is 18.9. The number of aromatic nitrogens is 3. The molecule has 0 saturated heterocycles. The molecule has 3 rings (SSSR count). The van der Waals surface area contributed by atoms with Crippen LogP contribution in [0.4, 0.5) is 5.82 Å². The van der Waals surface area contributed by atoms with Crippen molar-refractivity contribution in [2.24, 2.45) is 0 Å². The molecule has 0 atom stereocenters. The number of amides is 1. The van der Waals surface area contributed by atoms with Gasteiger partial charge in [0.25, 0.3) is 5.91 Å². The highest BCUT2D eigenvalue weighted by Crippen LogP contribution is 2.22. The molecule has 0 saturated carbocycles. The quantitative estimate of drug-likeness (QED) is 0.655. The largest absolute Gasteiger partial charge is 0.452 e. The number of halogens is 2. The van der Waals surface area contributed by atoms with Gasteiger partial charge in [-0.3, -0.25) is 4.79 Å². The Balaban J connectivity index is 1.57. The van der Waals surface area contributed by atoms with Crippen LogP contribution >= 0.6 is 23.2 Å². The van der Waals surface area contributed by atoms with Crippen LogP contribution in [0.3, 0.4) is 0 Å². The molecular formula is C18H14Cl2N4O3. The highest BCUT2D eigenvalue weighted by molar-refractivity contribution is 6.36. The highest BCUT2D eigenvalue weighted by Gasteiger charge is 2.13. The van der Waals surface area contributed by atoms with Gasteiger partial charge in [0.1, 0.15) is 0 Å². The van der Waals surface area contributed by atoms with Crippen molar-refractivity contribution in [3.63, 3.8) is 0 Å². The summed E-state index contributed by atoms with van der Waals surface area (Å²) < 4.78 is 6.75. The molecule has 0 spiro atoms. The normalized spacial score (nSPS) is 10.5. The Morgan fingerprint density at radius 1 is 1.19 bits per heavy atom. The molecule has 0 unspecified atom stereocenters. The van der Waals surface area contributed by atoms with Crippen molar-refractivity contribution in [1.29, 1.82) is 0 Å². The average molecular weight is 405 g/mol. The molecule has 1 aromatic carbocycles. The SMILES string of the molecule is Cc1ccnn1-c1ccc(C(=O)OCC(=O)Nc2ncc(Cl)cc2Cl)cc1. The van der Waals surface area contributed by atoms with E-state index in [0.29, 0.717) is 10.6 Å². The van der Waals surface area contributed by atoms with E-state index in [1.807, 2.05) is 13.0 Å². The molecule has 0 bridgehead atoms. The van der Waals surface area contributed by atoms with Gasteiger partial charge in [0, 0.05) is 18.1 Å². The van der Waals surface area contributed by atoms with Crippen LogP contribution in [0.25, 0.3) is 5.69 Å². The third kappa shape index (κ3) is 4.64. The molecule has 0 aliphatic carbocycles. The summed E-state index contributed by atoms with van der Waals surface area (Å²) in [6, 6.07) is 10.0. The minimum atomic E-state index is -0.621. The fourth-order valence-corrected chi connectivity index (χ4v) is 2.70. The van der Waals surface area contributed by atoms with Crippen LogP contribution in [0.15, 0.2) is 48.8 Å². The van der Waals surface area contributed by atoms with Crippen molar-refractivity contribution in [1.82, 2.24) is 14.8 Å². The van der Waals surface area contributed by atoms with Gasteiger partial charge in [-0.1, -0.05) is 23.2 Å². The van der Waals surface area contributed by atoms with E-state index in [-0.39, 0.29) is 10.8 Å². The smallest absolute Gasteiger partial charge is 0.338 e. The Kier molecular flexibility index (Phi) is 5.73. The molecule has 9 heteroatoms. The molecule has 138 valence electrons. The number of nitrogens with zero attached hydrogens (tertiary/aromatic N) is 3. The molecule has 1 amide bonds. The Morgan fingerprint density at radius 3 is 2.56 bits per heavy atom. The fourth-order valence-electron chi connectivity index (χ4n) is 2.27. The second-order valence-electron chi connectivity index (χ2n) is 5.54. The maximum absolute atomic E-state index is 12.1. The summed E-state index contributed by atoms with van der Waals surface area (Å²) in [7, 11) is 0. The molecular weight excluding hydrogens is 391 g/mol. The predicted molar refractivity (Wildman–Crippen MR) is 101 cm³/mol. The molecule has 2 heterocycles. The van der Waals surface area contributed by atoms with Crippen LogP contribution in [-0.2, 0) is 9.53 Å². The Bertz CT molecular complexity index is 987. The summed E-state index contributed by atoms with van der Waals surface area (Å²) >= 11 is 11.7. The van der Waals surface area contributed by atoms with Gasteiger partial charge in [-0.05, 0) is 43.3 Å². The van der Waals surface area contributed by atoms with Crippen LogP contribution in [0.1, 0.15) is 16.1 Å². The molecule has 3 aromatic rings. The van der Waals surface area contributed by atoms with Gasteiger partial charge < -0.3 is 10.1 Å². The van der Waals surface area contributed by atoms with Gasteiger partial charge in [0.05, 0.1) is 21.3 Å². The zero-order chi connectivity index (χ0) is 19.4. The van der Waals surface area contributed by atoms with Gasteiger partial charge in [-0.2, -0.15) is 5.10 Å². The Morgan fingerprint density at radius 2 is 1.93 bits per heavy atom. The number of nitrogens with one attached hydrogen (secondary N) is 1. The number of pyridine rings is 1. The zero-order valence-electron chi connectivity index (χ0n) is 14.1. The van der Waals surface area contributed by atoms with Crippen molar-refractivity contribution in [3.8, 4) is 5.69 Å². The number of anilines is 1. The second-order valence-corrected chi connectivity index (χ2v) is 6.38. The standard InChI is InChI=1S/C18H14Cl2N4O3/c1-11-6-7-22-24(11)14-4-2-12(3-5-14)18(26)27-10-16(25)23-17-15(20)8-13(19)9-21-17/h2-9H,10H2,1H3,(H,21,23,25). The van der Waals surface area contributed by atoms with E-state index in [1.54, 1.807) is 35.1 Å². The fraction of sp³-hybridized carbons (Fsp3) is 0.111. The summed E-state index contributed by atoms with van der Waals surface area (Å²) in [5.41, 5.74) is 2.10. The highest BCUT2D eigenvalue weighted by atomic mass is 35.5. The maximum atomic E-state index is 12.1. The minimum absolute atomic E-state index is 0.140. The van der Waals surface area contributed by atoms with Crippen LogP contribution < -0.4 is 5.32 Å². The number of carbonyl (C=O) groups is 2. The van der Waals surface area contributed by atoms with E-state index in [4.69, 9.17) is 27.9 Å². The summed E-state index contributed by atoms with van der Waals surface area (Å²) in [6.45, 7) is 1.45. The lowest BCUT2D eigenvalue weighted by atomic mass is 10.2. The third-order valence-electron chi connectivity index (χ3n) is 3.58. The van der Waals surface area contributed by atoms with Gasteiger partial charge in [-0.15, -0.1) is 0 Å². The van der Waals surface area contributed by atoms with E-state index in [0.717, 1.165) is 11.4 Å². The molecule has 0 radical (unpaired) electrons. The molecule has 2 aromatic heterocycles. The number of hydrogen-bond donors (Lipinski definition) is 1. The third-order valence-corrected chi connectivity index (χ3v) is 4.07. The topological polar surface area (TPSA) is 86.1 Å². The lowest BCUT2D eigenvalue weighted by Crippen LogP contribution is -2.21. The number of aryl methyl sites for hydroxylation is 1. The van der Waals surface area contributed by atoms with Crippen LogP contribution in [0, 0.1) is 6.92 Å². The van der Waals surface area contributed by atoms with E-state index in [9.17, 15) is 9.59 Å². The Labute approximate surface area is 164 Å². The van der Waals surface area contributed by atoms with Crippen LogP contribution in [-0.4, -0.2) is 33.2 Å². The van der Waals surface area contributed by atoms with Crippen molar-refractivity contribution in [2.45, 2.75) is 6.92 Å². The average Bonchev–Trinajstić information content (AvgIpc) is 3.08. The van der Waals surface area contributed by atoms with Crippen molar-refractivity contribution < 1.29 is 14.3 Å². The first-order valence-corrected chi connectivity index (χ1v) is 8.59. The van der Waals surface area contributed by atoms with Gasteiger partial charge in [0.15, 0.2) is 12.4 Å². The van der Waals surface area contributed by atoms with E-state index in [1.165, 1.54) is 12.3 Å². The number of benzene rings is 1. The monoisotopic (exact) mass is 404 g/mol. The zero-order valence-corrected chi connectivity index (χ0v) is 15.7. The molecule has 7 nitrogen and oxygen atoms in total. The maximum Gasteiger partial charge on any atom is 0.338 e. The number of hydrogen-bond acceptors (Lipinski definition) is 5. The molecule has 1 N–H and O–H groups in total. The molecule has 0 fully saturated rings. The molecule has 0 aliphatic rings. The van der Waals surface area contributed by atoms with Gasteiger partial charge in [0.2, 0.25) is 0 Å². The summed E-state index contributed by atoms with van der Waals surface area (Å²) in [4.78, 5) is 27.9. The minimum Gasteiger partial charge on any atom is -0.452 e. The number of ether oxygens (including phenoxy) is 1. The molecule has 0 aliphatic heterocycles. The first-order chi connectivity index (χ1) is 12.9. The van der Waals surface area contributed by atoms with Crippen LogP contribution in [0.2, 0.25) is 10.0 Å². The van der Waals surface area contributed by atoms with Crippen molar-refractivity contribution in [2.75, 3.05) is 11.9 Å². The lowest BCUT2D eigenvalue weighted by molar-refractivity contribution is -0.119. The first-order valence-electron chi connectivity index (χ1n) is 7.83. The predicted octanol–water partition coefficient (Wildman–Crippen LogP) is 3.68. The second kappa shape index (κ2) is 8.20. The van der Waals surface area contributed by atoms with E-state index in [2.05, 4.69) is 15.4 Å². The lowest BCUT2D eigenvalue weighted by Gasteiger charge is -2.08. The number of rotatable bonds is 5.